The molecule has 0 aliphatic heterocycles. The summed E-state index contributed by atoms with van der Waals surface area (Å²) in [5, 5.41) is 1.21. The van der Waals surface area contributed by atoms with Crippen LogP contribution in [0.5, 0.6) is 5.88 Å². The third-order valence-corrected chi connectivity index (χ3v) is 4.42. The number of hydrogen-bond donors (Lipinski definition) is 0. The second-order valence-electron chi connectivity index (χ2n) is 4.93. The van der Waals surface area contributed by atoms with Crippen molar-refractivity contribution in [2.75, 3.05) is 20.2 Å². The summed E-state index contributed by atoms with van der Waals surface area (Å²) in [7, 11) is 2.14. The summed E-state index contributed by atoms with van der Waals surface area (Å²) in [6, 6.07) is 2.80. The summed E-state index contributed by atoms with van der Waals surface area (Å²) < 4.78 is 5.79. The molecule has 6 heteroatoms. The SMILES string of the molecule is Cc1cc2c(OCCN(C)C3CC3)nc(Cl)nc2s1. The van der Waals surface area contributed by atoms with Crippen molar-refractivity contribution in [3.63, 3.8) is 0 Å². The number of thiophene rings is 1. The van der Waals surface area contributed by atoms with Gasteiger partial charge in [0.2, 0.25) is 11.2 Å². The van der Waals surface area contributed by atoms with Crippen molar-refractivity contribution in [1.82, 2.24) is 14.9 Å². The van der Waals surface area contributed by atoms with E-state index < -0.39 is 0 Å². The van der Waals surface area contributed by atoms with Gasteiger partial charge in [-0.05, 0) is 44.5 Å². The Morgan fingerprint density at radius 1 is 1.47 bits per heavy atom. The zero-order valence-corrected chi connectivity index (χ0v) is 12.6. The Hall–Kier alpha value is -0.910. The van der Waals surface area contributed by atoms with Gasteiger partial charge in [0.1, 0.15) is 11.4 Å². The van der Waals surface area contributed by atoms with Gasteiger partial charge in [0, 0.05) is 17.5 Å². The van der Waals surface area contributed by atoms with E-state index in [1.807, 2.05) is 6.92 Å². The van der Waals surface area contributed by atoms with Crippen LogP contribution in [0.3, 0.4) is 0 Å². The largest absolute Gasteiger partial charge is 0.476 e. The van der Waals surface area contributed by atoms with Crippen molar-refractivity contribution >= 4 is 33.2 Å². The first-order chi connectivity index (χ1) is 9.13. The van der Waals surface area contributed by atoms with Gasteiger partial charge in [-0.25, -0.2) is 4.98 Å². The molecule has 0 amide bonds. The summed E-state index contributed by atoms with van der Waals surface area (Å²) in [6.07, 6.45) is 2.62. The minimum atomic E-state index is 0.250. The Morgan fingerprint density at radius 2 is 2.26 bits per heavy atom. The van der Waals surface area contributed by atoms with Gasteiger partial charge in [-0.2, -0.15) is 4.98 Å². The summed E-state index contributed by atoms with van der Waals surface area (Å²) in [6.45, 7) is 3.59. The lowest BCUT2D eigenvalue weighted by Gasteiger charge is -2.15. The number of aryl methyl sites for hydroxylation is 1. The second-order valence-corrected chi connectivity index (χ2v) is 6.51. The van der Waals surface area contributed by atoms with E-state index in [9.17, 15) is 0 Å². The Balaban J connectivity index is 1.72. The van der Waals surface area contributed by atoms with Gasteiger partial charge in [-0.3, -0.25) is 0 Å². The van der Waals surface area contributed by atoms with Crippen molar-refractivity contribution in [2.45, 2.75) is 25.8 Å². The highest BCUT2D eigenvalue weighted by Gasteiger charge is 2.25. The number of rotatable bonds is 5. The molecule has 0 unspecified atom stereocenters. The first kappa shape index (κ1) is 13.1. The second kappa shape index (κ2) is 5.23. The molecule has 0 N–H and O–H groups in total. The van der Waals surface area contributed by atoms with Gasteiger partial charge in [0.15, 0.2) is 0 Å². The Labute approximate surface area is 121 Å². The molecule has 4 nitrogen and oxygen atoms in total. The quantitative estimate of drug-likeness (QED) is 0.795. The Bertz CT molecular complexity index is 597. The number of hydrogen-bond acceptors (Lipinski definition) is 5. The van der Waals surface area contributed by atoms with Crippen molar-refractivity contribution in [1.29, 1.82) is 0 Å². The van der Waals surface area contributed by atoms with Crippen LogP contribution < -0.4 is 4.74 Å². The number of nitrogens with zero attached hydrogens (tertiary/aromatic N) is 3. The molecule has 0 aromatic carbocycles. The average molecular weight is 298 g/mol. The predicted molar refractivity (Wildman–Crippen MR) is 78.3 cm³/mol. The van der Waals surface area contributed by atoms with Gasteiger partial charge in [0.25, 0.3) is 0 Å². The van der Waals surface area contributed by atoms with Crippen molar-refractivity contribution in [3.05, 3.63) is 16.2 Å². The van der Waals surface area contributed by atoms with Crippen LogP contribution in [0.25, 0.3) is 10.2 Å². The molecule has 2 aromatic rings. The number of likely N-dealkylation sites (N-methyl/N-ethyl adjacent to an activating group) is 1. The molecule has 2 aromatic heterocycles. The highest BCUT2D eigenvalue weighted by molar-refractivity contribution is 7.18. The van der Waals surface area contributed by atoms with E-state index in [0.717, 1.165) is 22.8 Å². The maximum absolute atomic E-state index is 5.93. The molecule has 1 fully saturated rings. The highest BCUT2D eigenvalue weighted by Crippen LogP contribution is 2.31. The van der Waals surface area contributed by atoms with E-state index in [2.05, 4.69) is 28.0 Å². The van der Waals surface area contributed by atoms with Crippen LogP contribution in [-0.4, -0.2) is 41.1 Å². The lowest BCUT2D eigenvalue weighted by atomic mass is 10.3. The molecule has 0 bridgehead atoms. The summed E-state index contributed by atoms with van der Waals surface area (Å²) in [4.78, 5) is 12.8. The fraction of sp³-hybridized carbons (Fsp3) is 0.538. The fourth-order valence-corrected chi connectivity index (χ4v) is 3.17. The summed E-state index contributed by atoms with van der Waals surface area (Å²) in [5.41, 5.74) is 0. The van der Waals surface area contributed by atoms with Crippen LogP contribution in [0.4, 0.5) is 0 Å². The molecule has 19 heavy (non-hydrogen) atoms. The maximum atomic E-state index is 5.93. The molecular weight excluding hydrogens is 282 g/mol. The van der Waals surface area contributed by atoms with Crippen molar-refractivity contribution in [3.8, 4) is 5.88 Å². The number of ether oxygens (including phenoxy) is 1. The molecule has 3 rings (SSSR count). The zero-order valence-electron chi connectivity index (χ0n) is 11.0. The highest BCUT2D eigenvalue weighted by atomic mass is 35.5. The average Bonchev–Trinajstić information content (AvgIpc) is 3.12. The molecule has 2 heterocycles. The van der Waals surface area contributed by atoms with Crippen LogP contribution in [-0.2, 0) is 0 Å². The van der Waals surface area contributed by atoms with Crippen LogP contribution >= 0.6 is 22.9 Å². The van der Waals surface area contributed by atoms with Gasteiger partial charge in [0.05, 0.1) is 5.39 Å². The third kappa shape index (κ3) is 2.99. The first-order valence-corrected chi connectivity index (χ1v) is 7.59. The van der Waals surface area contributed by atoms with Crippen LogP contribution in [0, 0.1) is 6.92 Å². The first-order valence-electron chi connectivity index (χ1n) is 6.40. The smallest absolute Gasteiger partial charge is 0.227 e. The predicted octanol–water partition coefficient (Wildman–Crippen LogP) is 3.13. The van der Waals surface area contributed by atoms with Crippen molar-refractivity contribution < 1.29 is 4.74 Å². The lowest BCUT2D eigenvalue weighted by molar-refractivity contribution is 0.228. The fourth-order valence-electron chi connectivity index (χ4n) is 2.09. The monoisotopic (exact) mass is 297 g/mol. The molecule has 102 valence electrons. The van der Waals surface area contributed by atoms with E-state index in [1.54, 1.807) is 11.3 Å². The molecular formula is C13H16ClN3OS. The molecule has 0 atom stereocenters. The molecule has 0 radical (unpaired) electrons. The molecule has 0 saturated heterocycles. The topological polar surface area (TPSA) is 38.2 Å². The molecule has 1 saturated carbocycles. The van der Waals surface area contributed by atoms with E-state index in [1.165, 1.54) is 17.7 Å². The molecule has 1 aliphatic carbocycles. The summed E-state index contributed by atoms with van der Waals surface area (Å²) >= 11 is 7.54. The standard InChI is InChI=1S/C13H16ClN3OS/c1-8-7-10-11(15-13(14)16-12(10)19-8)18-6-5-17(2)9-3-4-9/h7,9H,3-6H2,1-2H3. The van der Waals surface area contributed by atoms with Crippen molar-refractivity contribution in [2.24, 2.45) is 0 Å². The maximum Gasteiger partial charge on any atom is 0.227 e. The zero-order chi connectivity index (χ0) is 13.4. The van der Waals surface area contributed by atoms with E-state index in [0.29, 0.717) is 12.5 Å². The Morgan fingerprint density at radius 3 is 3.00 bits per heavy atom. The molecule has 0 spiro atoms. The number of fused-ring (bicyclic) bond motifs is 1. The van der Waals surface area contributed by atoms with E-state index >= 15 is 0 Å². The van der Waals surface area contributed by atoms with Crippen LogP contribution in [0.2, 0.25) is 5.28 Å². The number of halogens is 1. The van der Waals surface area contributed by atoms with Gasteiger partial charge in [-0.1, -0.05) is 0 Å². The van der Waals surface area contributed by atoms with Gasteiger partial charge in [-0.15, -0.1) is 11.3 Å². The minimum absolute atomic E-state index is 0.250. The van der Waals surface area contributed by atoms with Gasteiger partial charge < -0.3 is 9.64 Å². The molecule has 1 aliphatic rings. The van der Waals surface area contributed by atoms with Crippen LogP contribution in [0.15, 0.2) is 6.07 Å². The van der Waals surface area contributed by atoms with E-state index in [4.69, 9.17) is 16.3 Å². The summed E-state index contributed by atoms with van der Waals surface area (Å²) in [5.74, 6) is 0.601. The normalized spacial score (nSPS) is 15.4. The minimum Gasteiger partial charge on any atom is -0.476 e. The third-order valence-electron chi connectivity index (χ3n) is 3.31. The number of aromatic nitrogens is 2. The Kier molecular flexibility index (Phi) is 3.60. The van der Waals surface area contributed by atoms with Gasteiger partial charge >= 0.3 is 0 Å². The van der Waals surface area contributed by atoms with Crippen LogP contribution in [0.1, 0.15) is 17.7 Å². The van der Waals surface area contributed by atoms with E-state index in [-0.39, 0.29) is 5.28 Å². The lowest BCUT2D eigenvalue weighted by Crippen LogP contribution is -2.26.